The van der Waals surface area contributed by atoms with Crippen molar-refractivity contribution < 1.29 is 19.4 Å². The van der Waals surface area contributed by atoms with Gasteiger partial charge < -0.3 is 19.5 Å². The molecule has 1 saturated heterocycles. The van der Waals surface area contributed by atoms with Gasteiger partial charge in [0.2, 0.25) is 0 Å². The minimum absolute atomic E-state index is 0.172. The van der Waals surface area contributed by atoms with Crippen LogP contribution in [0.1, 0.15) is 10.4 Å². The predicted octanol–water partition coefficient (Wildman–Crippen LogP) is 1.79. The molecule has 0 unspecified atom stereocenters. The number of hydrogen-bond acceptors (Lipinski definition) is 4. The van der Waals surface area contributed by atoms with Crippen LogP contribution >= 0.6 is 0 Å². The maximum atomic E-state index is 11.3. The van der Waals surface area contributed by atoms with E-state index in [1.54, 1.807) is 18.2 Å². The lowest BCUT2D eigenvalue weighted by atomic mass is 10.1. The molecular formula is C14H17NO4. The average Bonchev–Trinajstić information content (AvgIpc) is 2.45. The van der Waals surface area contributed by atoms with Gasteiger partial charge in [-0.3, -0.25) is 0 Å². The van der Waals surface area contributed by atoms with E-state index in [-0.39, 0.29) is 12.2 Å². The Balaban J connectivity index is 2.24. The number of nitrogens with zero attached hydrogens (tertiary/aromatic N) is 1. The molecule has 1 heterocycles. The highest BCUT2D eigenvalue weighted by Crippen LogP contribution is 2.26. The molecule has 1 aliphatic heterocycles. The van der Waals surface area contributed by atoms with Crippen LogP contribution in [-0.4, -0.2) is 44.0 Å². The van der Waals surface area contributed by atoms with Gasteiger partial charge in [0.15, 0.2) is 0 Å². The van der Waals surface area contributed by atoms with Crippen molar-refractivity contribution in [3.8, 4) is 5.75 Å². The highest BCUT2D eigenvalue weighted by Gasteiger charge is 2.16. The predicted molar refractivity (Wildman–Crippen MR) is 72.1 cm³/mol. The molecule has 1 aliphatic rings. The molecule has 5 heteroatoms. The van der Waals surface area contributed by atoms with Crippen LogP contribution in [0, 0.1) is 0 Å². The van der Waals surface area contributed by atoms with E-state index in [9.17, 15) is 9.90 Å². The van der Waals surface area contributed by atoms with E-state index < -0.39 is 5.97 Å². The van der Waals surface area contributed by atoms with Gasteiger partial charge in [0.25, 0.3) is 0 Å². The van der Waals surface area contributed by atoms with Gasteiger partial charge in [-0.15, -0.1) is 0 Å². The molecule has 1 aromatic rings. The maximum Gasteiger partial charge on any atom is 0.339 e. The number of carboxylic acid groups (broad SMARTS) is 1. The maximum absolute atomic E-state index is 11.3. The second kappa shape index (κ2) is 6.24. The summed E-state index contributed by atoms with van der Waals surface area (Å²) in [7, 11) is 0. The Kier molecular flexibility index (Phi) is 4.41. The lowest BCUT2D eigenvalue weighted by molar-refractivity contribution is 0.0693. The van der Waals surface area contributed by atoms with Crippen molar-refractivity contribution in [1.29, 1.82) is 0 Å². The van der Waals surface area contributed by atoms with Crippen molar-refractivity contribution in [2.75, 3.05) is 37.8 Å². The molecule has 0 amide bonds. The summed E-state index contributed by atoms with van der Waals surface area (Å²) < 4.78 is 10.6. The molecule has 19 heavy (non-hydrogen) atoms. The molecule has 0 spiro atoms. The number of hydrogen-bond donors (Lipinski definition) is 1. The lowest BCUT2D eigenvalue weighted by Crippen LogP contribution is -2.36. The summed E-state index contributed by atoms with van der Waals surface area (Å²) >= 11 is 0. The Labute approximate surface area is 112 Å². The van der Waals surface area contributed by atoms with Crippen LogP contribution in [0.2, 0.25) is 0 Å². The summed E-state index contributed by atoms with van der Waals surface area (Å²) in [6.45, 7) is 6.70. The lowest BCUT2D eigenvalue weighted by Gasteiger charge is -2.29. The van der Waals surface area contributed by atoms with E-state index >= 15 is 0 Å². The summed E-state index contributed by atoms with van der Waals surface area (Å²) in [5.74, 6) is -0.626. The average molecular weight is 263 g/mol. The topological polar surface area (TPSA) is 59.0 Å². The number of rotatable bonds is 5. The highest BCUT2D eigenvalue weighted by molar-refractivity contribution is 5.92. The summed E-state index contributed by atoms with van der Waals surface area (Å²) in [4.78, 5) is 13.4. The molecule has 0 saturated carbocycles. The Morgan fingerprint density at radius 1 is 1.47 bits per heavy atom. The Morgan fingerprint density at radius 2 is 2.21 bits per heavy atom. The van der Waals surface area contributed by atoms with Crippen molar-refractivity contribution >= 4 is 11.7 Å². The van der Waals surface area contributed by atoms with E-state index in [1.807, 2.05) is 6.07 Å². The minimum atomic E-state index is -0.992. The van der Waals surface area contributed by atoms with Gasteiger partial charge in [0.1, 0.15) is 17.9 Å². The third-order valence-corrected chi connectivity index (χ3v) is 2.93. The number of carboxylic acids is 1. The van der Waals surface area contributed by atoms with Gasteiger partial charge in [-0.25, -0.2) is 4.79 Å². The Bertz CT molecular complexity index is 467. The van der Waals surface area contributed by atoms with Crippen LogP contribution in [0.25, 0.3) is 0 Å². The Morgan fingerprint density at radius 3 is 2.84 bits per heavy atom. The van der Waals surface area contributed by atoms with Crippen LogP contribution in [0.15, 0.2) is 30.9 Å². The van der Waals surface area contributed by atoms with Crippen LogP contribution in [0.4, 0.5) is 5.69 Å². The second-order valence-corrected chi connectivity index (χ2v) is 4.18. The van der Waals surface area contributed by atoms with Gasteiger partial charge in [-0.05, 0) is 18.2 Å². The first-order chi connectivity index (χ1) is 9.22. The van der Waals surface area contributed by atoms with Crippen LogP contribution < -0.4 is 9.64 Å². The van der Waals surface area contributed by atoms with E-state index in [4.69, 9.17) is 9.47 Å². The number of ether oxygens (including phenoxy) is 2. The fraction of sp³-hybridized carbons (Fsp3) is 0.357. The molecule has 0 radical (unpaired) electrons. The van der Waals surface area contributed by atoms with Crippen LogP contribution in [0.5, 0.6) is 5.75 Å². The van der Waals surface area contributed by atoms with Crippen molar-refractivity contribution in [2.24, 2.45) is 0 Å². The van der Waals surface area contributed by atoms with Gasteiger partial charge in [-0.1, -0.05) is 12.7 Å². The van der Waals surface area contributed by atoms with E-state index in [0.29, 0.717) is 19.0 Å². The van der Waals surface area contributed by atoms with E-state index in [1.165, 1.54) is 0 Å². The number of benzene rings is 1. The quantitative estimate of drug-likeness (QED) is 0.821. The van der Waals surface area contributed by atoms with Crippen molar-refractivity contribution in [3.63, 3.8) is 0 Å². The Hall–Kier alpha value is -2.01. The summed E-state index contributed by atoms with van der Waals surface area (Å²) in [5, 5.41) is 9.24. The first-order valence-corrected chi connectivity index (χ1v) is 6.16. The molecular weight excluding hydrogens is 246 g/mol. The van der Waals surface area contributed by atoms with E-state index in [2.05, 4.69) is 11.5 Å². The minimum Gasteiger partial charge on any atom is -0.489 e. The molecule has 2 rings (SSSR count). The first-order valence-electron chi connectivity index (χ1n) is 6.16. The van der Waals surface area contributed by atoms with Gasteiger partial charge in [-0.2, -0.15) is 0 Å². The SMILES string of the molecule is C=CCOc1ccc(N2CCOCC2)cc1C(=O)O. The van der Waals surface area contributed by atoms with Gasteiger partial charge in [0.05, 0.1) is 13.2 Å². The number of aromatic carboxylic acids is 1. The summed E-state index contributed by atoms with van der Waals surface area (Å²) in [6.07, 6.45) is 1.58. The molecule has 0 atom stereocenters. The van der Waals surface area contributed by atoms with Gasteiger partial charge in [0, 0.05) is 18.8 Å². The number of morpholine rings is 1. The molecule has 5 nitrogen and oxygen atoms in total. The zero-order valence-electron chi connectivity index (χ0n) is 10.7. The number of carbonyl (C=O) groups is 1. The third-order valence-electron chi connectivity index (χ3n) is 2.93. The molecule has 0 bridgehead atoms. The largest absolute Gasteiger partial charge is 0.489 e. The van der Waals surface area contributed by atoms with E-state index in [0.717, 1.165) is 18.8 Å². The summed E-state index contributed by atoms with van der Waals surface area (Å²) in [6, 6.07) is 5.21. The number of anilines is 1. The fourth-order valence-corrected chi connectivity index (χ4v) is 1.98. The zero-order valence-corrected chi connectivity index (χ0v) is 10.7. The monoisotopic (exact) mass is 263 g/mol. The highest BCUT2D eigenvalue weighted by atomic mass is 16.5. The van der Waals surface area contributed by atoms with Crippen LogP contribution in [0.3, 0.4) is 0 Å². The van der Waals surface area contributed by atoms with Gasteiger partial charge >= 0.3 is 5.97 Å². The van der Waals surface area contributed by atoms with Crippen molar-refractivity contribution in [3.05, 3.63) is 36.4 Å². The second-order valence-electron chi connectivity index (χ2n) is 4.18. The normalized spacial score (nSPS) is 15.1. The van der Waals surface area contributed by atoms with Crippen LogP contribution in [-0.2, 0) is 4.74 Å². The molecule has 1 N–H and O–H groups in total. The smallest absolute Gasteiger partial charge is 0.339 e. The van der Waals surface area contributed by atoms with Crippen molar-refractivity contribution in [2.45, 2.75) is 0 Å². The zero-order chi connectivity index (χ0) is 13.7. The van der Waals surface area contributed by atoms with Crippen molar-refractivity contribution in [1.82, 2.24) is 0 Å². The standard InChI is InChI=1S/C14H17NO4/c1-2-7-19-13-4-3-11(10-12(13)14(16)17)15-5-8-18-9-6-15/h2-4,10H,1,5-9H2,(H,16,17). The first kappa shape index (κ1) is 13.4. The molecule has 0 aromatic heterocycles. The molecule has 102 valence electrons. The summed E-state index contributed by atoms with van der Waals surface area (Å²) in [5.41, 5.74) is 1.05. The fourth-order valence-electron chi connectivity index (χ4n) is 1.98. The molecule has 0 aliphatic carbocycles. The molecule has 1 aromatic carbocycles. The third kappa shape index (κ3) is 3.26. The molecule has 1 fully saturated rings.